The van der Waals surface area contributed by atoms with Crippen LogP contribution < -0.4 is 10.6 Å². The molecule has 1 aromatic rings. The summed E-state index contributed by atoms with van der Waals surface area (Å²) in [6.07, 6.45) is 3.96. The van der Waals surface area contributed by atoms with Gasteiger partial charge in [-0.2, -0.15) is 11.8 Å². The van der Waals surface area contributed by atoms with E-state index in [2.05, 4.69) is 29.3 Å². The fourth-order valence-electron chi connectivity index (χ4n) is 2.74. The summed E-state index contributed by atoms with van der Waals surface area (Å²) in [5.41, 5.74) is 1.96. The number of hydrogen-bond donors (Lipinski definition) is 2. The van der Waals surface area contributed by atoms with Crippen molar-refractivity contribution in [1.82, 2.24) is 10.6 Å². The van der Waals surface area contributed by atoms with Gasteiger partial charge in [0.15, 0.2) is 0 Å². The Bertz CT molecular complexity index is 433. The summed E-state index contributed by atoms with van der Waals surface area (Å²) >= 11 is 2.08. The molecular weight excluding hydrogens is 268 g/mol. The van der Waals surface area contributed by atoms with Crippen molar-refractivity contribution in [2.24, 2.45) is 0 Å². The van der Waals surface area contributed by atoms with Gasteiger partial charge in [-0.25, -0.2) is 0 Å². The number of amides is 1. The van der Waals surface area contributed by atoms with Crippen LogP contribution in [0.25, 0.3) is 0 Å². The molecule has 2 unspecified atom stereocenters. The van der Waals surface area contributed by atoms with Gasteiger partial charge >= 0.3 is 0 Å². The molecule has 0 heterocycles. The van der Waals surface area contributed by atoms with Gasteiger partial charge in [0.25, 0.3) is 5.91 Å². The minimum atomic E-state index is -0.0280. The summed E-state index contributed by atoms with van der Waals surface area (Å²) in [5.74, 6) is 1.17. The van der Waals surface area contributed by atoms with Crippen molar-refractivity contribution in [3.05, 3.63) is 35.4 Å². The molecule has 2 rings (SSSR count). The largest absolute Gasteiger partial charge is 0.355 e. The number of thioether (sulfide) groups is 1. The Labute approximate surface area is 125 Å². The molecule has 0 aliphatic heterocycles. The van der Waals surface area contributed by atoms with E-state index in [0.717, 1.165) is 17.4 Å². The molecule has 3 nitrogen and oxygen atoms in total. The fraction of sp³-hybridized carbons (Fsp3) is 0.562. The standard InChI is InChI=1S/C16H24N2OS/c1-3-20-15-6-4-5-14(15)18-11-12-7-9-13(10-8-12)16(19)17-2/h7-10,14-15,18H,3-6,11H2,1-2H3,(H,17,19). The molecule has 110 valence electrons. The maximum atomic E-state index is 11.5. The quantitative estimate of drug-likeness (QED) is 0.847. The third-order valence-electron chi connectivity index (χ3n) is 3.84. The number of benzene rings is 1. The zero-order valence-electron chi connectivity index (χ0n) is 12.3. The molecule has 0 aromatic heterocycles. The highest BCUT2D eigenvalue weighted by Gasteiger charge is 2.26. The van der Waals surface area contributed by atoms with Crippen LogP contribution >= 0.6 is 11.8 Å². The van der Waals surface area contributed by atoms with Gasteiger partial charge in [0.2, 0.25) is 0 Å². The predicted octanol–water partition coefficient (Wildman–Crippen LogP) is 2.81. The van der Waals surface area contributed by atoms with Crippen LogP contribution in [-0.4, -0.2) is 30.0 Å². The molecule has 1 aliphatic carbocycles. The molecule has 20 heavy (non-hydrogen) atoms. The van der Waals surface area contributed by atoms with Crippen LogP contribution in [0.2, 0.25) is 0 Å². The molecule has 2 N–H and O–H groups in total. The topological polar surface area (TPSA) is 41.1 Å². The van der Waals surface area contributed by atoms with Gasteiger partial charge in [0, 0.05) is 30.4 Å². The molecule has 0 spiro atoms. The van der Waals surface area contributed by atoms with Crippen molar-refractivity contribution in [2.45, 2.75) is 44.0 Å². The number of rotatable bonds is 6. The van der Waals surface area contributed by atoms with Crippen molar-refractivity contribution >= 4 is 17.7 Å². The molecule has 1 aliphatic rings. The Balaban J connectivity index is 1.86. The van der Waals surface area contributed by atoms with E-state index >= 15 is 0 Å². The Hall–Kier alpha value is -1.00. The van der Waals surface area contributed by atoms with Gasteiger partial charge in [-0.1, -0.05) is 25.5 Å². The van der Waals surface area contributed by atoms with Crippen LogP contribution in [0.5, 0.6) is 0 Å². The van der Waals surface area contributed by atoms with Gasteiger partial charge in [-0.3, -0.25) is 4.79 Å². The third kappa shape index (κ3) is 4.00. The minimum absolute atomic E-state index is 0.0280. The molecule has 0 radical (unpaired) electrons. The Kier molecular flexibility index (Phi) is 5.92. The van der Waals surface area contributed by atoms with Gasteiger partial charge in [-0.05, 0) is 36.3 Å². The van der Waals surface area contributed by atoms with Crippen molar-refractivity contribution < 1.29 is 4.79 Å². The van der Waals surface area contributed by atoms with E-state index in [1.807, 2.05) is 24.3 Å². The number of carbonyl (C=O) groups excluding carboxylic acids is 1. The van der Waals surface area contributed by atoms with E-state index in [9.17, 15) is 4.79 Å². The van der Waals surface area contributed by atoms with Gasteiger partial charge in [0.05, 0.1) is 0 Å². The average Bonchev–Trinajstić information content (AvgIpc) is 2.92. The first-order valence-corrected chi connectivity index (χ1v) is 8.45. The summed E-state index contributed by atoms with van der Waals surface area (Å²) in [6.45, 7) is 3.12. The first kappa shape index (κ1) is 15.4. The lowest BCUT2D eigenvalue weighted by molar-refractivity contribution is 0.0963. The van der Waals surface area contributed by atoms with E-state index in [0.29, 0.717) is 6.04 Å². The van der Waals surface area contributed by atoms with Crippen LogP contribution in [0.3, 0.4) is 0 Å². The first-order chi connectivity index (χ1) is 9.74. The van der Waals surface area contributed by atoms with E-state index in [1.54, 1.807) is 7.05 Å². The Morgan fingerprint density at radius 2 is 2.05 bits per heavy atom. The smallest absolute Gasteiger partial charge is 0.251 e. The highest BCUT2D eigenvalue weighted by atomic mass is 32.2. The predicted molar refractivity (Wildman–Crippen MR) is 86.2 cm³/mol. The van der Waals surface area contributed by atoms with E-state index in [-0.39, 0.29) is 5.91 Å². The number of carbonyl (C=O) groups is 1. The molecule has 2 atom stereocenters. The third-order valence-corrected chi connectivity index (χ3v) is 5.17. The average molecular weight is 292 g/mol. The number of nitrogens with one attached hydrogen (secondary N) is 2. The normalized spacial score (nSPS) is 21.9. The van der Waals surface area contributed by atoms with Crippen LogP contribution in [0.1, 0.15) is 42.1 Å². The molecule has 1 aromatic carbocycles. The Morgan fingerprint density at radius 3 is 2.70 bits per heavy atom. The first-order valence-electron chi connectivity index (χ1n) is 7.40. The highest BCUT2D eigenvalue weighted by Crippen LogP contribution is 2.30. The van der Waals surface area contributed by atoms with Crippen LogP contribution in [-0.2, 0) is 6.54 Å². The molecule has 1 fully saturated rings. The second kappa shape index (κ2) is 7.70. The van der Waals surface area contributed by atoms with Crippen molar-refractivity contribution in [2.75, 3.05) is 12.8 Å². The van der Waals surface area contributed by atoms with Gasteiger partial charge in [-0.15, -0.1) is 0 Å². The second-order valence-corrected chi connectivity index (χ2v) is 6.70. The molecule has 0 bridgehead atoms. The Morgan fingerprint density at radius 1 is 1.30 bits per heavy atom. The van der Waals surface area contributed by atoms with Crippen molar-refractivity contribution in [3.8, 4) is 0 Å². The lowest BCUT2D eigenvalue weighted by atomic mass is 10.1. The van der Waals surface area contributed by atoms with E-state index < -0.39 is 0 Å². The lowest BCUT2D eigenvalue weighted by Crippen LogP contribution is -2.33. The zero-order chi connectivity index (χ0) is 14.4. The highest BCUT2D eigenvalue weighted by molar-refractivity contribution is 7.99. The molecule has 1 saturated carbocycles. The summed E-state index contributed by atoms with van der Waals surface area (Å²) < 4.78 is 0. The monoisotopic (exact) mass is 292 g/mol. The maximum Gasteiger partial charge on any atom is 0.251 e. The minimum Gasteiger partial charge on any atom is -0.355 e. The SMILES string of the molecule is CCSC1CCCC1NCc1ccc(C(=O)NC)cc1. The molecule has 0 saturated heterocycles. The number of hydrogen-bond acceptors (Lipinski definition) is 3. The zero-order valence-corrected chi connectivity index (χ0v) is 13.1. The maximum absolute atomic E-state index is 11.5. The van der Waals surface area contributed by atoms with Gasteiger partial charge < -0.3 is 10.6 Å². The lowest BCUT2D eigenvalue weighted by Gasteiger charge is -2.20. The van der Waals surface area contributed by atoms with Crippen LogP contribution in [0.15, 0.2) is 24.3 Å². The summed E-state index contributed by atoms with van der Waals surface area (Å²) in [4.78, 5) is 11.5. The van der Waals surface area contributed by atoms with Crippen LogP contribution in [0.4, 0.5) is 0 Å². The van der Waals surface area contributed by atoms with Crippen LogP contribution in [0, 0.1) is 0 Å². The van der Waals surface area contributed by atoms with E-state index in [1.165, 1.54) is 30.6 Å². The molecule has 1 amide bonds. The van der Waals surface area contributed by atoms with Crippen molar-refractivity contribution in [3.63, 3.8) is 0 Å². The molecular formula is C16H24N2OS. The summed E-state index contributed by atoms with van der Waals surface area (Å²) in [7, 11) is 1.66. The summed E-state index contributed by atoms with van der Waals surface area (Å²) in [6, 6.07) is 8.49. The molecule has 4 heteroatoms. The van der Waals surface area contributed by atoms with Gasteiger partial charge in [0.1, 0.15) is 0 Å². The van der Waals surface area contributed by atoms with Crippen molar-refractivity contribution in [1.29, 1.82) is 0 Å². The summed E-state index contributed by atoms with van der Waals surface area (Å²) in [5, 5.41) is 7.08. The second-order valence-electron chi connectivity index (χ2n) is 5.19. The fourth-order valence-corrected chi connectivity index (χ4v) is 3.97. The van der Waals surface area contributed by atoms with E-state index in [4.69, 9.17) is 0 Å².